The quantitative estimate of drug-likeness (QED) is 0.863. The first kappa shape index (κ1) is 16.9. The summed E-state index contributed by atoms with van der Waals surface area (Å²) in [6.07, 6.45) is 2.26. The van der Waals surface area contributed by atoms with E-state index in [2.05, 4.69) is 53.8 Å². The molecule has 0 amide bonds. The molecule has 1 N–H and O–H groups in total. The number of piperazine rings is 1. The maximum absolute atomic E-state index is 13.4. The number of hydrogen-bond acceptors (Lipinski definition) is 2. The van der Waals surface area contributed by atoms with E-state index in [1.807, 2.05) is 12.1 Å². The minimum Gasteiger partial charge on any atom is -0.308 e. The minimum atomic E-state index is -0.199. The van der Waals surface area contributed by atoms with Crippen molar-refractivity contribution in [3.8, 4) is 0 Å². The van der Waals surface area contributed by atoms with Gasteiger partial charge in [-0.1, -0.05) is 19.9 Å². The average molecular weight is 357 g/mol. The molecule has 1 fully saturated rings. The second-order valence-corrected chi connectivity index (χ2v) is 7.61. The van der Waals surface area contributed by atoms with Crippen molar-refractivity contribution in [2.45, 2.75) is 58.2 Å². The van der Waals surface area contributed by atoms with Crippen molar-refractivity contribution in [1.29, 1.82) is 0 Å². The molecule has 1 aliphatic rings. The molecule has 1 saturated heterocycles. The molecule has 0 radical (unpaired) electrons. The summed E-state index contributed by atoms with van der Waals surface area (Å²) in [5.74, 6) is -0.199. The third kappa shape index (κ3) is 3.66. The van der Waals surface area contributed by atoms with Crippen molar-refractivity contribution in [1.82, 2.24) is 10.2 Å². The van der Waals surface area contributed by atoms with Crippen LogP contribution in [0, 0.1) is 5.82 Å². The fourth-order valence-electron chi connectivity index (χ4n) is 3.00. The second kappa shape index (κ2) is 6.35. The van der Waals surface area contributed by atoms with Gasteiger partial charge in [-0.2, -0.15) is 0 Å². The van der Waals surface area contributed by atoms with E-state index in [9.17, 15) is 4.39 Å². The smallest absolute Gasteiger partial charge is 0.137 e. The summed E-state index contributed by atoms with van der Waals surface area (Å²) in [5, 5.41) is 3.75. The van der Waals surface area contributed by atoms with Crippen molar-refractivity contribution < 1.29 is 4.39 Å². The highest BCUT2D eigenvalue weighted by Crippen LogP contribution is 2.30. The van der Waals surface area contributed by atoms with Crippen molar-refractivity contribution in [3.63, 3.8) is 0 Å². The van der Waals surface area contributed by atoms with Crippen LogP contribution in [0.3, 0.4) is 0 Å². The van der Waals surface area contributed by atoms with Gasteiger partial charge in [0.1, 0.15) is 5.82 Å². The third-order valence-electron chi connectivity index (χ3n) is 4.96. The molecule has 0 atom stereocenters. The number of benzene rings is 1. The Morgan fingerprint density at radius 3 is 2.52 bits per heavy atom. The van der Waals surface area contributed by atoms with E-state index in [1.165, 1.54) is 0 Å². The van der Waals surface area contributed by atoms with Gasteiger partial charge < -0.3 is 5.32 Å². The highest BCUT2D eigenvalue weighted by atomic mass is 79.9. The van der Waals surface area contributed by atoms with Gasteiger partial charge in [0.05, 0.1) is 4.47 Å². The van der Waals surface area contributed by atoms with E-state index in [1.54, 1.807) is 6.07 Å². The highest BCUT2D eigenvalue weighted by molar-refractivity contribution is 9.10. The first-order valence-corrected chi connectivity index (χ1v) is 8.55. The molecule has 0 aromatic heterocycles. The van der Waals surface area contributed by atoms with Crippen LogP contribution in [-0.2, 0) is 6.54 Å². The molecule has 0 spiro atoms. The number of rotatable bonds is 4. The topological polar surface area (TPSA) is 15.3 Å². The van der Waals surface area contributed by atoms with E-state index in [-0.39, 0.29) is 16.9 Å². The number of nitrogens with one attached hydrogen (secondary N) is 1. The van der Waals surface area contributed by atoms with E-state index in [0.29, 0.717) is 4.47 Å². The molecule has 118 valence electrons. The van der Waals surface area contributed by atoms with Crippen LogP contribution in [0.5, 0.6) is 0 Å². The first-order chi connectivity index (χ1) is 9.82. The molecule has 2 rings (SSSR count). The number of hydrogen-bond donors (Lipinski definition) is 1. The summed E-state index contributed by atoms with van der Waals surface area (Å²) < 4.78 is 13.9. The molecule has 0 unspecified atom stereocenters. The second-order valence-electron chi connectivity index (χ2n) is 6.76. The molecular weight excluding hydrogens is 331 g/mol. The molecule has 0 saturated carbocycles. The summed E-state index contributed by atoms with van der Waals surface area (Å²) in [7, 11) is 0. The summed E-state index contributed by atoms with van der Waals surface area (Å²) >= 11 is 3.28. The predicted molar refractivity (Wildman–Crippen MR) is 89.9 cm³/mol. The van der Waals surface area contributed by atoms with Crippen LogP contribution in [0.2, 0.25) is 0 Å². The summed E-state index contributed by atoms with van der Waals surface area (Å²) in [6.45, 7) is 11.9. The van der Waals surface area contributed by atoms with Gasteiger partial charge in [0, 0.05) is 30.7 Å². The van der Waals surface area contributed by atoms with Crippen molar-refractivity contribution in [2.75, 3.05) is 13.1 Å². The molecule has 1 heterocycles. The standard InChI is InChI=1S/C17H26BrFN2/c1-5-17(6-2)12-21(16(3,4)11-20-17)10-13-7-8-15(19)14(18)9-13/h7-9,20H,5-6,10-12H2,1-4H3. The molecule has 2 nitrogen and oxygen atoms in total. The molecule has 4 heteroatoms. The molecule has 0 aliphatic carbocycles. The van der Waals surface area contributed by atoms with Crippen LogP contribution in [-0.4, -0.2) is 29.1 Å². The van der Waals surface area contributed by atoms with Crippen LogP contribution < -0.4 is 5.32 Å². The lowest BCUT2D eigenvalue weighted by atomic mass is 9.84. The zero-order chi connectivity index (χ0) is 15.7. The Kier molecular flexibility index (Phi) is 5.11. The van der Waals surface area contributed by atoms with Gasteiger partial charge >= 0.3 is 0 Å². The average Bonchev–Trinajstić information content (AvgIpc) is 2.45. The lowest BCUT2D eigenvalue weighted by Crippen LogP contribution is -2.67. The van der Waals surface area contributed by atoms with E-state index < -0.39 is 0 Å². The third-order valence-corrected chi connectivity index (χ3v) is 5.56. The number of nitrogens with zero attached hydrogens (tertiary/aromatic N) is 1. The molecule has 21 heavy (non-hydrogen) atoms. The number of halogens is 2. The van der Waals surface area contributed by atoms with Gasteiger partial charge in [0.15, 0.2) is 0 Å². The fraction of sp³-hybridized carbons (Fsp3) is 0.647. The summed E-state index contributed by atoms with van der Waals surface area (Å²) in [4.78, 5) is 2.52. The van der Waals surface area contributed by atoms with Gasteiger partial charge in [-0.15, -0.1) is 0 Å². The van der Waals surface area contributed by atoms with Gasteiger partial charge in [-0.05, 0) is 60.3 Å². The Morgan fingerprint density at radius 2 is 1.95 bits per heavy atom. The minimum absolute atomic E-state index is 0.106. The predicted octanol–water partition coefficient (Wildman–Crippen LogP) is 4.33. The zero-order valence-electron chi connectivity index (χ0n) is 13.5. The first-order valence-electron chi connectivity index (χ1n) is 7.76. The Balaban J connectivity index is 2.20. The van der Waals surface area contributed by atoms with Crippen molar-refractivity contribution in [3.05, 3.63) is 34.1 Å². The monoisotopic (exact) mass is 356 g/mol. The highest BCUT2D eigenvalue weighted by Gasteiger charge is 2.40. The Morgan fingerprint density at radius 1 is 1.29 bits per heavy atom. The fourth-order valence-corrected chi connectivity index (χ4v) is 3.43. The Labute approximate surface area is 136 Å². The molecule has 1 aromatic rings. The Hall–Kier alpha value is -0.450. The maximum atomic E-state index is 13.4. The van der Waals surface area contributed by atoms with Crippen LogP contribution in [0.15, 0.2) is 22.7 Å². The summed E-state index contributed by atoms with van der Waals surface area (Å²) in [5.41, 5.74) is 1.46. The lowest BCUT2D eigenvalue weighted by molar-refractivity contribution is 0.0161. The Bertz CT molecular complexity index is 498. The lowest BCUT2D eigenvalue weighted by Gasteiger charge is -2.52. The van der Waals surface area contributed by atoms with Crippen LogP contribution in [0.1, 0.15) is 46.1 Å². The van der Waals surface area contributed by atoms with Gasteiger partial charge in [0.25, 0.3) is 0 Å². The molecule has 0 bridgehead atoms. The van der Waals surface area contributed by atoms with E-state index >= 15 is 0 Å². The van der Waals surface area contributed by atoms with E-state index in [4.69, 9.17) is 0 Å². The maximum Gasteiger partial charge on any atom is 0.137 e. The zero-order valence-corrected chi connectivity index (χ0v) is 15.1. The summed E-state index contributed by atoms with van der Waals surface area (Å²) in [6, 6.07) is 5.33. The van der Waals surface area contributed by atoms with Gasteiger partial charge in [-0.25, -0.2) is 4.39 Å². The van der Waals surface area contributed by atoms with E-state index in [0.717, 1.165) is 38.0 Å². The normalized spacial score (nSPS) is 21.4. The van der Waals surface area contributed by atoms with Crippen LogP contribution in [0.4, 0.5) is 4.39 Å². The van der Waals surface area contributed by atoms with Crippen molar-refractivity contribution in [2.24, 2.45) is 0 Å². The van der Waals surface area contributed by atoms with Gasteiger partial charge in [0.2, 0.25) is 0 Å². The SMILES string of the molecule is CCC1(CC)CN(Cc2ccc(F)c(Br)c2)C(C)(C)CN1. The molecular formula is C17H26BrFN2. The van der Waals surface area contributed by atoms with Gasteiger partial charge in [-0.3, -0.25) is 4.90 Å². The van der Waals surface area contributed by atoms with Crippen LogP contribution in [0.25, 0.3) is 0 Å². The van der Waals surface area contributed by atoms with Crippen LogP contribution >= 0.6 is 15.9 Å². The molecule has 1 aromatic carbocycles. The molecule has 1 aliphatic heterocycles. The largest absolute Gasteiger partial charge is 0.308 e. The van der Waals surface area contributed by atoms with Crippen molar-refractivity contribution >= 4 is 15.9 Å².